The molecule has 0 unspecified atom stereocenters. The van der Waals surface area contributed by atoms with Crippen LogP contribution in [0, 0.1) is 0 Å². The summed E-state index contributed by atoms with van der Waals surface area (Å²) < 4.78 is 13.7. The lowest BCUT2D eigenvalue weighted by molar-refractivity contribution is 0.669. The monoisotopic (exact) mass is 739 g/mol. The highest BCUT2D eigenvalue weighted by Crippen LogP contribution is 2.44. The van der Waals surface area contributed by atoms with Crippen LogP contribution in [0.15, 0.2) is 205 Å². The maximum Gasteiger partial charge on any atom is 0.136 e. The topological polar surface area (TPSA) is 27.9 Å². The van der Waals surface area contributed by atoms with Gasteiger partial charge in [-0.25, -0.2) is 0 Å². The number of para-hydroxylation sites is 5. The summed E-state index contributed by atoms with van der Waals surface area (Å²) in [4.78, 5) is 0. The molecule has 13 rings (SSSR count). The Balaban J connectivity index is 1.09. The number of rotatable bonds is 4. The van der Waals surface area contributed by atoms with Gasteiger partial charge in [-0.15, -0.1) is 0 Å². The standard InChI is InChI=1S/C54H33N3O/c1-4-14-36(15-5-1)55-45-22-12-10-21-40(45)53-47(55)28-29-48-54(53)41-26-24-35(31-49(41)57(48)38-18-8-3-9-19-38)34-25-27-46-42(30-34)43-33-52-44(39-20-11-13-23-51(39)58-52)32-50(43)56(46)37-16-6-2-7-17-37/h1-33H. The first-order valence-electron chi connectivity index (χ1n) is 19.8. The fourth-order valence-corrected chi connectivity index (χ4v) is 9.73. The highest BCUT2D eigenvalue weighted by Gasteiger charge is 2.22. The third-order valence-corrected chi connectivity index (χ3v) is 12.2. The Morgan fingerprint density at radius 3 is 1.41 bits per heavy atom. The molecule has 0 radical (unpaired) electrons. The second-order valence-corrected chi connectivity index (χ2v) is 15.3. The van der Waals surface area contributed by atoms with Gasteiger partial charge in [0.2, 0.25) is 0 Å². The van der Waals surface area contributed by atoms with Gasteiger partial charge in [0, 0.05) is 60.2 Å². The molecule has 0 saturated carbocycles. The fraction of sp³-hybridized carbons (Fsp3) is 0. The van der Waals surface area contributed by atoms with E-state index in [4.69, 9.17) is 4.42 Å². The minimum atomic E-state index is 0.903. The summed E-state index contributed by atoms with van der Waals surface area (Å²) in [6, 6.07) is 72.5. The van der Waals surface area contributed by atoms with Crippen molar-refractivity contribution in [2.45, 2.75) is 0 Å². The van der Waals surface area contributed by atoms with E-state index < -0.39 is 0 Å². The average molecular weight is 740 g/mol. The van der Waals surface area contributed by atoms with Crippen LogP contribution in [0.3, 0.4) is 0 Å². The molecular formula is C54H33N3O. The molecule has 4 heterocycles. The molecule has 0 spiro atoms. The first-order valence-corrected chi connectivity index (χ1v) is 19.8. The number of furan rings is 1. The van der Waals surface area contributed by atoms with Crippen molar-refractivity contribution in [3.63, 3.8) is 0 Å². The van der Waals surface area contributed by atoms with Crippen LogP contribution in [0.25, 0.3) is 116 Å². The molecule has 13 aromatic rings. The Kier molecular flexibility index (Phi) is 6.41. The van der Waals surface area contributed by atoms with Gasteiger partial charge in [-0.1, -0.05) is 109 Å². The van der Waals surface area contributed by atoms with E-state index in [-0.39, 0.29) is 0 Å². The Morgan fingerprint density at radius 1 is 0.259 bits per heavy atom. The number of hydrogen-bond acceptors (Lipinski definition) is 1. The lowest BCUT2D eigenvalue weighted by Gasteiger charge is -2.10. The predicted molar refractivity (Wildman–Crippen MR) is 242 cm³/mol. The van der Waals surface area contributed by atoms with Gasteiger partial charge in [0.15, 0.2) is 0 Å². The average Bonchev–Trinajstić information content (AvgIpc) is 4.02. The normalized spacial score (nSPS) is 12.1. The molecular weight excluding hydrogens is 707 g/mol. The largest absolute Gasteiger partial charge is 0.456 e. The lowest BCUT2D eigenvalue weighted by Crippen LogP contribution is -1.94. The third-order valence-electron chi connectivity index (χ3n) is 12.2. The van der Waals surface area contributed by atoms with E-state index in [9.17, 15) is 0 Å². The van der Waals surface area contributed by atoms with Gasteiger partial charge in [-0.05, 0) is 102 Å². The molecule has 0 amide bonds. The third kappa shape index (κ3) is 4.34. The predicted octanol–water partition coefficient (Wildman–Crippen LogP) is 14.5. The molecule has 58 heavy (non-hydrogen) atoms. The molecule has 0 saturated heterocycles. The molecule has 0 aliphatic heterocycles. The van der Waals surface area contributed by atoms with Crippen molar-refractivity contribution in [2.24, 2.45) is 0 Å². The Morgan fingerprint density at radius 2 is 0.724 bits per heavy atom. The van der Waals surface area contributed by atoms with E-state index in [1.807, 2.05) is 6.07 Å². The number of aromatic nitrogens is 3. The van der Waals surface area contributed by atoms with Crippen molar-refractivity contribution in [1.29, 1.82) is 0 Å². The molecule has 270 valence electrons. The number of fused-ring (bicyclic) bond motifs is 13. The SMILES string of the molecule is c1ccc(-n2c3ccc(-c4ccc5c6c7c8ccccc8n(-c8ccccc8)c7ccc6n(-c6ccccc6)c5c4)cc3c3cc4oc5ccccc5c4cc32)cc1. The lowest BCUT2D eigenvalue weighted by atomic mass is 10.00. The zero-order valence-electron chi connectivity index (χ0n) is 31.3. The van der Waals surface area contributed by atoms with Gasteiger partial charge in [-0.2, -0.15) is 0 Å². The Labute approximate surface area is 332 Å². The van der Waals surface area contributed by atoms with Crippen LogP contribution in [0.4, 0.5) is 0 Å². The second-order valence-electron chi connectivity index (χ2n) is 15.3. The van der Waals surface area contributed by atoms with Crippen molar-refractivity contribution in [3.05, 3.63) is 200 Å². The molecule has 0 atom stereocenters. The maximum absolute atomic E-state index is 6.44. The van der Waals surface area contributed by atoms with Crippen LogP contribution in [0.1, 0.15) is 0 Å². The molecule has 0 bridgehead atoms. The highest BCUT2D eigenvalue weighted by atomic mass is 16.3. The molecule has 9 aromatic carbocycles. The minimum Gasteiger partial charge on any atom is -0.456 e. The first-order chi connectivity index (χ1) is 28.8. The van der Waals surface area contributed by atoms with Crippen LogP contribution >= 0.6 is 0 Å². The summed E-state index contributed by atoms with van der Waals surface area (Å²) >= 11 is 0. The quantitative estimate of drug-likeness (QED) is 0.177. The van der Waals surface area contributed by atoms with Gasteiger partial charge in [0.1, 0.15) is 11.2 Å². The highest BCUT2D eigenvalue weighted by molar-refractivity contribution is 6.29. The van der Waals surface area contributed by atoms with Crippen LogP contribution < -0.4 is 0 Å². The van der Waals surface area contributed by atoms with Crippen LogP contribution in [0.5, 0.6) is 0 Å². The minimum absolute atomic E-state index is 0.903. The fourth-order valence-electron chi connectivity index (χ4n) is 9.73. The van der Waals surface area contributed by atoms with Crippen LogP contribution in [-0.2, 0) is 0 Å². The molecule has 0 aliphatic rings. The van der Waals surface area contributed by atoms with Gasteiger partial charge in [0.05, 0.1) is 33.1 Å². The maximum atomic E-state index is 6.44. The van der Waals surface area contributed by atoms with Gasteiger partial charge >= 0.3 is 0 Å². The molecule has 4 aromatic heterocycles. The summed E-state index contributed by atoms with van der Waals surface area (Å²) in [6.07, 6.45) is 0. The zero-order chi connectivity index (χ0) is 37.9. The van der Waals surface area contributed by atoms with Gasteiger partial charge in [-0.3, -0.25) is 0 Å². The first kappa shape index (κ1) is 31.4. The number of nitrogens with zero attached hydrogens (tertiary/aromatic N) is 3. The Hall–Kier alpha value is -7.82. The number of benzene rings is 9. The summed E-state index contributed by atoms with van der Waals surface area (Å²) in [5, 5.41) is 9.65. The molecule has 0 aliphatic carbocycles. The molecule has 4 nitrogen and oxygen atoms in total. The molecule has 0 N–H and O–H groups in total. The van der Waals surface area contributed by atoms with Crippen molar-refractivity contribution >= 4 is 87.4 Å². The van der Waals surface area contributed by atoms with Crippen LogP contribution in [-0.4, -0.2) is 13.7 Å². The zero-order valence-corrected chi connectivity index (χ0v) is 31.3. The van der Waals surface area contributed by atoms with Gasteiger partial charge in [0.25, 0.3) is 0 Å². The van der Waals surface area contributed by atoms with E-state index in [1.54, 1.807) is 0 Å². The van der Waals surface area contributed by atoms with Crippen molar-refractivity contribution in [3.8, 4) is 28.2 Å². The summed E-state index contributed by atoms with van der Waals surface area (Å²) in [5.74, 6) is 0. The van der Waals surface area contributed by atoms with Gasteiger partial charge < -0.3 is 18.1 Å². The van der Waals surface area contributed by atoms with E-state index in [1.165, 1.54) is 71.0 Å². The molecule has 0 fully saturated rings. The summed E-state index contributed by atoms with van der Waals surface area (Å²) in [7, 11) is 0. The van der Waals surface area contributed by atoms with Crippen LogP contribution in [0.2, 0.25) is 0 Å². The number of hydrogen-bond donors (Lipinski definition) is 0. The second kappa shape index (κ2) is 11.8. The van der Waals surface area contributed by atoms with Crippen molar-refractivity contribution in [2.75, 3.05) is 0 Å². The van der Waals surface area contributed by atoms with Crippen molar-refractivity contribution in [1.82, 2.24) is 13.7 Å². The van der Waals surface area contributed by atoms with E-state index in [2.05, 4.69) is 208 Å². The Bertz CT molecular complexity index is 3770. The van der Waals surface area contributed by atoms with Crippen molar-refractivity contribution < 1.29 is 4.42 Å². The van der Waals surface area contributed by atoms with E-state index >= 15 is 0 Å². The van der Waals surface area contributed by atoms with E-state index in [0.29, 0.717) is 0 Å². The summed E-state index contributed by atoms with van der Waals surface area (Å²) in [5.41, 5.74) is 14.7. The smallest absolute Gasteiger partial charge is 0.136 e. The summed E-state index contributed by atoms with van der Waals surface area (Å²) in [6.45, 7) is 0. The molecule has 4 heteroatoms. The van der Waals surface area contributed by atoms with E-state index in [0.717, 1.165) is 44.5 Å².